The van der Waals surface area contributed by atoms with Crippen molar-refractivity contribution in [2.75, 3.05) is 18.1 Å². The second-order valence-electron chi connectivity index (χ2n) is 4.76. The van der Waals surface area contributed by atoms with Crippen LogP contribution in [-0.4, -0.2) is 23.2 Å². The second kappa shape index (κ2) is 7.40. The van der Waals surface area contributed by atoms with E-state index in [1.807, 2.05) is 30.3 Å². The van der Waals surface area contributed by atoms with Gasteiger partial charge in [-0.2, -0.15) is 0 Å². The van der Waals surface area contributed by atoms with E-state index in [0.717, 1.165) is 17.8 Å². The van der Waals surface area contributed by atoms with Crippen LogP contribution in [0.15, 0.2) is 54.6 Å². The molecule has 2 aromatic rings. The van der Waals surface area contributed by atoms with Gasteiger partial charge in [0.25, 0.3) is 5.69 Å². The standard InChI is InChI=1S/C16H18N2O3/c19-12-4-11-17(15-5-2-1-3-6-15)13-14-7-9-16(10-8-14)18(20)21/h1-3,5-10,19H,4,11-13H2. The van der Waals surface area contributed by atoms with Gasteiger partial charge in [-0.25, -0.2) is 0 Å². The van der Waals surface area contributed by atoms with Crippen LogP contribution in [0.3, 0.4) is 0 Å². The van der Waals surface area contributed by atoms with Crippen LogP contribution in [0.5, 0.6) is 0 Å². The zero-order chi connectivity index (χ0) is 15.1. The highest BCUT2D eigenvalue weighted by Gasteiger charge is 2.09. The Bertz CT molecular complexity index is 570. The molecule has 5 heteroatoms. The molecule has 5 nitrogen and oxygen atoms in total. The molecule has 21 heavy (non-hydrogen) atoms. The number of aliphatic hydroxyl groups is 1. The molecule has 0 atom stereocenters. The Labute approximate surface area is 123 Å². The van der Waals surface area contributed by atoms with Gasteiger partial charge in [0.15, 0.2) is 0 Å². The molecule has 0 aliphatic carbocycles. The summed E-state index contributed by atoms with van der Waals surface area (Å²) in [6.07, 6.45) is 0.682. The number of benzene rings is 2. The molecule has 0 unspecified atom stereocenters. The van der Waals surface area contributed by atoms with Crippen LogP contribution >= 0.6 is 0 Å². The molecule has 0 aliphatic rings. The molecule has 0 amide bonds. The molecule has 0 aliphatic heterocycles. The van der Waals surface area contributed by atoms with Crippen molar-refractivity contribution in [3.63, 3.8) is 0 Å². The van der Waals surface area contributed by atoms with Crippen molar-refractivity contribution in [3.8, 4) is 0 Å². The number of anilines is 1. The average Bonchev–Trinajstić information content (AvgIpc) is 2.52. The van der Waals surface area contributed by atoms with E-state index in [2.05, 4.69) is 4.90 Å². The molecule has 0 heterocycles. The first-order valence-corrected chi connectivity index (χ1v) is 6.85. The van der Waals surface area contributed by atoms with E-state index in [4.69, 9.17) is 5.11 Å². The van der Waals surface area contributed by atoms with E-state index in [-0.39, 0.29) is 12.3 Å². The Balaban J connectivity index is 2.12. The minimum atomic E-state index is -0.398. The average molecular weight is 286 g/mol. The number of non-ortho nitro benzene ring substituents is 1. The second-order valence-corrected chi connectivity index (χ2v) is 4.76. The van der Waals surface area contributed by atoms with E-state index >= 15 is 0 Å². The lowest BCUT2D eigenvalue weighted by Crippen LogP contribution is -2.24. The molecule has 0 aromatic heterocycles. The molecule has 0 fully saturated rings. The number of rotatable bonds is 7. The number of para-hydroxylation sites is 1. The van der Waals surface area contributed by atoms with Gasteiger partial charge in [0, 0.05) is 37.5 Å². The minimum absolute atomic E-state index is 0.0976. The van der Waals surface area contributed by atoms with Gasteiger partial charge in [-0.1, -0.05) is 30.3 Å². The molecule has 2 aromatic carbocycles. The fourth-order valence-electron chi connectivity index (χ4n) is 2.14. The smallest absolute Gasteiger partial charge is 0.269 e. The van der Waals surface area contributed by atoms with Crippen molar-refractivity contribution in [3.05, 3.63) is 70.3 Å². The number of aliphatic hydroxyl groups excluding tert-OH is 1. The minimum Gasteiger partial charge on any atom is -0.396 e. The van der Waals surface area contributed by atoms with Crippen molar-refractivity contribution >= 4 is 11.4 Å². The van der Waals surface area contributed by atoms with Gasteiger partial charge in [0.2, 0.25) is 0 Å². The first-order valence-electron chi connectivity index (χ1n) is 6.85. The van der Waals surface area contributed by atoms with Gasteiger partial charge in [0.1, 0.15) is 0 Å². The zero-order valence-electron chi connectivity index (χ0n) is 11.7. The summed E-state index contributed by atoms with van der Waals surface area (Å²) in [5, 5.41) is 19.7. The SMILES string of the molecule is O=[N+]([O-])c1ccc(CN(CCCO)c2ccccc2)cc1. The molecule has 0 spiro atoms. The lowest BCUT2D eigenvalue weighted by Gasteiger charge is -2.24. The summed E-state index contributed by atoms with van der Waals surface area (Å²) in [5.41, 5.74) is 2.17. The Morgan fingerprint density at radius 2 is 1.71 bits per heavy atom. The summed E-state index contributed by atoms with van der Waals surface area (Å²) in [7, 11) is 0. The Morgan fingerprint density at radius 3 is 2.29 bits per heavy atom. The number of hydrogen-bond donors (Lipinski definition) is 1. The zero-order valence-corrected chi connectivity index (χ0v) is 11.7. The highest BCUT2D eigenvalue weighted by Crippen LogP contribution is 2.19. The van der Waals surface area contributed by atoms with Crippen molar-refractivity contribution in [2.45, 2.75) is 13.0 Å². The van der Waals surface area contributed by atoms with Crippen LogP contribution in [0.25, 0.3) is 0 Å². The summed E-state index contributed by atoms with van der Waals surface area (Å²) in [5.74, 6) is 0. The molecule has 1 N–H and O–H groups in total. The maximum absolute atomic E-state index is 10.7. The quantitative estimate of drug-likeness (QED) is 0.627. The van der Waals surface area contributed by atoms with Crippen LogP contribution in [0.1, 0.15) is 12.0 Å². The third-order valence-corrected chi connectivity index (χ3v) is 3.23. The summed E-state index contributed by atoms with van der Waals surface area (Å²) in [6, 6.07) is 16.5. The fraction of sp³-hybridized carbons (Fsp3) is 0.250. The molecule has 0 saturated heterocycles. The third-order valence-electron chi connectivity index (χ3n) is 3.23. The first-order chi connectivity index (χ1) is 10.2. The Morgan fingerprint density at radius 1 is 1.05 bits per heavy atom. The molecular weight excluding hydrogens is 268 g/mol. The first kappa shape index (κ1) is 15.0. The van der Waals surface area contributed by atoms with Crippen LogP contribution in [0.2, 0.25) is 0 Å². The Hall–Kier alpha value is -2.40. The van der Waals surface area contributed by atoms with E-state index < -0.39 is 4.92 Å². The number of nitrogens with zero attached hydrogens (tertiary/aromatic N) is 2. The van der Waals surface area contributed by atoms with E-state index in [0.29, 0.717) is 13.0 Å². The number of hydrogen-bond acceptors (Lipinski definition) is 4. The van der Waals surface area contributed by atoms with E-state index in [9.17, 15) is 10.1 Å². The lowest BCUT2D eigenvalue weighted by molar-refractivity contribution is -0.384. The molecule has 2 rings (SSSR count). The molecule has 0 bridgehead atoms. The number of nitro groups is 1. The topological polar surface area (TPSA) is 66.6 Å². The van der Waals surface area contributed by atoms with Gasteiger partial charge < -0.3 is 10.0 Å². The highest BCUT2D eigenvalue weighted by molar-refractivity contribution is 5.47. The van der Waals surface area contributed by atoms with Gasteiger partial charge in [-0.15, -0.1) is 0 Å². The van der Waals surface area contributed by atoms with Crippen LogP contribution in [-0.2, 0) is 6.54 Å². The molecule has 0 saturated carbocycles. The van der Waals surface area contributed by atoms with Gasteiger partial charge in [-0.3, -0.25) is 10.1 Å². The summed E-state index contributed by atoms with van der Waals surface area (Å²) < 4.78 is 0. The lowest BCUT2D eigenvalue weighted by atomic mass is 10.1. The maximum Gasteiger partial charge on any atom is 0.269 e. The number of nitro benzene ring substituents is 1. The van der Waals surface area contributed by atoms with Gasteiger partial charge in [0.05, 0.1) is 4.92 Å². The molecular formula is C16H18N2O3. The largest absolute Gasteiger partial charge is 0.396 e. The van der Waals surface area contributed by atoms with Crippen molar-refractivity contribution in [1.82, 2.24) is 0 Å². The Kier molecular flexibility index (Phi) is 5.29. The van der Waals surface area contributed by atoms with Crippen LogP contribution < -0.4 is 4.90 Å². The molecule has 0 radical (unpaired) electrons. The summed E-state index contributed by atoms with van der Waals surface area (Å²) in [4.78, 5) is 12.4. The van der Waals surface area contributed by atoms with Crippen molar-refractivity contribution < 1.29 is 10.0 Å². The summed E-state index contributed by atoms with van der Waals surface area (Å²) >= 11 is 0. The van der Waals surface area contributed by atoms with Crippen molar-refractivity contribution in [2.24, 2.45) is 0 Å². The van der Waals surface area contributed by atoms with Gasteiger partial charge >= 0.3 is 0 Å². The van der Waals surface area contributed by atoms with Crippen LogP contribution in [0.4, 0.5) is 11.4 Å². The van der Waals surface area contributed by atoms with E-state index in [1.54, 1.807) is 12.1 Å². The predicted octanol–water partition coefficient (Wildman–Crippen LogP) is 2.98. The van der Waals surface area contributed by atoms with Crippen LogP contribution in [0, 0.1) is 10.1 Å². The highest BCUT2D eigenvalue weighted by atomic mass is 16.6. The fourth-order valence-corrected chi connectivity index (χ4v) is 2.14. The van der Waals surface area contributed by atoms with Gasteiger partial charge in [-0.05, 0) is 24.1 Å². The summed E-state index contributed by atoms with van der Waals surface area (Å²) in [6.45, 7) is 1.53. The molecule has 110 valence electrons. The van der Waals surface area contributed by atoms with Crippen molar-refractivity contribution in [1.29, 1.82) is 0 Å². The maximum atomic E-state index is 10.7. The third kappa shape index (κ3) is 4.29. The van der Waals surface area contributed by atoms with E-state index in [1.165, 1.54) is 12.1 Å². The normalized spacial score (nSPS) is 10.3. The monoisotopic (exact) mass is 286 g/mol. The predicted molar refractivity (Wildman–Crippen MR) is 82.3 cm³/mol.